The van der Waals surface area contributed by atoms with E-state index >= 15 is 0 Å². The van der Waals surface area contributed by atoms with Crippen molar-refractivity contribution in [2.24, 2.45) is 7.05 Å². The molecule has 0 amide bonds. The van der Waals surface area contributed by atoms with Gasteiger partial charge < -0.3 is 5.32 Å². The molecule has 0 aliphatic carbocycles. The Hall–Kier alpha value is -1.13. The maximum absolute atomic E-state index is 4.38. The predicted octanol–water partition coefficient (Wildman–Crippen LogP) is 3.00. The minimum absolute atomic E-state index is 1.03. The van der Waals surface area contributed by atoms with Gasteiger partial charge in [-0.2, -0.15) is 5.10 Å². The summed E-state index contributed by atoms with van der Waals surface area (Å²) in [6.07, 6.45) is 4.12. The molecule has 0 bridgehead atoms. The van der Waals surface area contributed by atoms with E-state index in [4.69, 9.17) is 0 Å². The van der Waals surface area contributed by atoms with Crippen LogP contribution in [0, 0.1) is 0 Å². The molecule has 0 atom stereocenters. The second-order valence-corrected chi connectivity index (χ2v) is 5.26. The fraction of sp³-hybridized carbons (Fsp3) is 0.357. The summed E-state index contributed by atoms with van der Waals surface area (Å²) in [5.74, 6) is 0. The van der Waals surface area contributed by atoms with Crippen LogP contribution in [-0.2, 0) is 13.5 Å². The van der Waals surface area contributed by atoms with Crippen LogP contribution < -0.4 is 5.32 Å². The highest BCUT2D eigenvalue weighted by atomic mass is 79.9. The van der Waals surface area contributed by atoms with Gasteiger partial charge in [-0.3, -0.25) is 4.68 Å². The van der Waals surface area contributed by atoms with Gasteiger partial charge in [0.05, 0.1) is 6.20 Å². The molecule has 18 heavy (non-hydrogen) atoms. The zero-order valence-corrected chi connectivity index (χ0v) is 12.4. The number of rotatable bonds is 5. The van der Waals surface area contributed by atoms with Crippen molar-refractivity contribution < 1.29 is 0 Å². The van der Waals surface area contributed by atoms with Crippen molar-refractivity contribution in [3.8, 4) is 11.1 Å². The van der Waals surface area contributed by atoms with Gasteiger partial charge in [0, 0.05) is 22.8 Å². The topological polar surface area (TPSA) is 29.9 Å². The maximum atomic E-state index is 4.38. The molecule has 0 spiro atoms. The standard InChI is InChI=1S/C14H18BrN3/c1-16-8-4-7-14-13(10-17-18(14)2)11-5-3-6-12(15)9-11/h3,5-6,9-10,16H,4,7-8H2,1-2H3. The van der Waals surface area contributed by atoms with E-state index in [1.54, 1.807) is 0 Å². The summed E-state index contributed by atoms with van der Waals surface area (Å²) in [7, 11) is 3.99. The highest BCUT2D eigenvalue weighted by molar-refractivity contribution is 9.10. The number of aromatic nitrogens is 2. The van der Waals surface area contributed by atoms with E-state index in [0.717, 1.165) is 23.9 Å². The first-order valence-electron chi connectivity index (χ1n) is 6.14. The Balaban J connectivity index is 2.28. The third kappa shape index (κ3) is 3.00. The van der Waals surface area contributed by atoms with E-state index in [0.29, 0.717) is 0 Å². The van der Waals surface area contributed by atoms with Gasteiger partial charge in [0.15, 0.2) is 0 Å². The Morgan fingerprint density at radius 1 is 1.39 bits per heavy atom. The molecule has 1 aromatic carbocycles. The largest absolute Gasteiger partial charge is 0.320 e. The van der Waals surface area contributed by atoms with Crippen molar-refractivity contribution in [2.75, 3.05) is 13.6 Å². The lowest BCUT2D eigenvalue weighted by atomic mass is 10.0. The highest BCUT2D eigenvalue weighted by Crippen LogP contribution is 2.26. The lowest BCUT2D eigenvalue weighted by molar-refractivity contribution is 0.660. The zero-order valence-electron chi connectivity index (χ0n) is 10.8. The van der Waals surface area contributed by atoms with Gasteiger partial charge in [-0.25, -0.2) is 0 Å². The quantitative estimate of drug-likeness (QED) is 0.861. The fourth-order valence-corrected chi connectivity index (χ4v) is 2.49. The molecule has 1 heterocycles. The van der Waals surface area contributed by atoms with Crippen molar-refractivity contribution in [3.05, 3.63) is 40.6 Å². The molecule has 4 heteroatoms. The van der Waals surface area contributed by atoms with Crippen molar-refractivity contribution in [3.63, 3.8) is 0 Å². The average Bonchev–Trinajstić information content (AvgIpc) is 2.72. The van der Waals surface area contributed by atoms with Gasteiger partial charge in [-0.1, -0.05) is 28.1 Å². The van der Waals surface area contributed by atoms with Gasteiger partial charge in [-0.15, -0.1) is 0 Å². The van der Waals surface area contributed by atoms with E-state index in [-0.39, 0.29) is 0 Å². The molecule has 0 aliphatic heterocycles. The van der Waals surface area contributed by atoms with Crippen LogP contribution in [0.15, 0.2) is 34.9 Å². The van der Waals surface area contributed by atoms with Gasteiger partial charge in [0.2, 0.25) is 0 Å². The number of hydrogen-bond donors (Lipinski definition) is 1. The van der Waals surface area contributed by atoms with Crippen molar-refractivity contribution >= 4 is 15.9 Å². The summed E-state index contributed by atoms with van der Waals surface area (Å²) in [5.41, 5.74) is 3.75. The summed E-state index contributed by atoms with van der Waals surface area (Å²) in [5, 5.41) is 7.56. The van der Waals surface area contributed by atoms with Crippen LogP contribution >= 0.6 is 15.9 Å². The summed E-state index contributed by atoms with van der Waals surface area (Å²) >= 11 is 3.52. The Morgan fingerprint density at radius 2 is 2.22 bits per heavy atom. The lowest BCUT2D eigenvalue weighted by Gasteiger charge is -2.07. The molecule has 0 fully saturated rings. The van der Waals surface area contributed by atoms with Crippen LogP contribution in [0.25, 0.3) is 11.1 Å². The molecule has 0 aliphatic rings. The first-order chi connectivity index (χ1) is 8.72. The van der Waals surface area contributed by atoms with Crippen LogP contribution in [0.4, 0.5) is 0 Å². The number of halogens is 1. The summed E-state index contributed by atoms with van der Waals surface area (Å²) in [6.45, 7) is 1.03. The van der Waals surface area contributed by atoms with Gasteiger partial charge in [0.1, 0.15) is 0 Å². The molecular formula is C14H18BrN3. The third-order valence-electron chi connectivity index (χ3n) is 3.04. The Morgan fingerprint density at radius 3 is 2.94 bits per heavy atom. The Labute approximate surface area is 116 Å². The van der Waals surface area contributed by atoms with E-state index in [1.807, 2.05) is 31.0 Å². The van der Waals surface area contributed by atoms with Crippen LogP contribution in [0.2, 0.25) is 0 Å². The van der Waals surface area contributed by atoms with Crippen molar-refractivity contribution in [2.45, 2.75) is 12.8 Å². The second-order valence-electron chi connectivity index (χ2n) is 4.35. The van der Waals surface area contributed by atoms with E-state index in [2.05, 4.69) is 44.5 Å². The average molecular weight is 308 g/mol. The Bertz CT molecular complexity index is 520. The normalized spacial score (nSPS) is 10.8. The van der Waals surface area contributed by atoms with E-state index < -0.39 is 0 Å². The first-order valence-corrected chi connectivity index (χ1v) is 6.93. The molecule has 2 aromatic rings. The van der Waals surface area contributed by atoms with Gasteiger partial charge in [-0.05, 0) is 44.1 Å². The molecular weight excluding hydrogens is 290 g/mol. The molecule has 2 rings (SSSR count). The molecule has 0 saturated carbocycles. The van der Waals surface area contributed by atoms with Gasteiger partial charge >= 0.3 is 0 Å². The first kappa shape index (κ1) is 13.3. The SMILES string of the molecule is CNCCCc1c(-c2cccc(Br)c2)cnn1C. The second kappa shape index (κ2) is 6.16. The molecule has 3 nitrogen and oxygen atoms in total. The van der Waals surface area contributed by atoms with Crippen LogP contribution in [0.1, 0.15) is 12.1 Å². The molecule has 96 valence electrons. The van der Waals surface area contributed by atoms with Crippen LogP contribution in [0.3, 0.4) is 0 Å². The van der Waals surface area contributed by atoms with Crippen molar-refractivity contribution in [1.29, 1.82) is 0 Å². The van der Waals surface area contributed by atoms with Crippen LogP contribution in [0.5, 0.6) is 0 Å². The number of nitrogens with one attached hydrogen (secondary N) is 1. The molecule has 0 radical (unpaired) electrons. The maximum Gasteiger partial charge on any atom is 0.0571 e. The summed E-state index contributed by atoms with van der Waals surface area (Å²) in [4.78, 5) is 0. The molecule has 1 aromatic heterocycles. The monoisotopic (exact) mass is 307 g/mol. The molecule has 1 N–H and O–H groups in total. The highest BCUT2D eigenvalue weighted by Gasteiger charge is 2.10. The molecule has 0 unspecified atom stereocenters. The van der Waals surface area contributed by atoms with E-state index in [9.17, 15) is 0 Å². The number of hydrogen-bond acceptors (Lipinski definition) is 2. The van der Waals surface area contributed by atoms with Crippen LogP contribution in [-0.4, -0.2) is 23.4 Å². The number of benzene rings is 1. The minimum atomic E-state index is 1.03. The number of aryl methyl sites for hydroxylation is 1. The minimum Gasteiger partial charge on any atom is -0.320 e. The molecule has 0 saturated heterocycles. The fourth-order valence-electron chi connectivity index (χ4n) is 2.09. The summed E-state index contributed by atoms with van der Waals surface area (Å²) in [6, 6.07) is 8.37. The zero-order chi connectivity index (χ0) is 13.0. The summed E-state index contributed by atoms with van der Waals surface area (Å²) < 4.78 is 3.08. The predicted molar refractivity (Wildman–Crippen MR) is 78.6 cm³/mol. The smallest absolute Gasteiger partial charge is 0.0571 e. The lowest BCUT2D eigenvalue weighted by Crippen LogP contribution is -2.10. The number of nitrogens with zero attached hydrogens (tertiary/aromatic N) is 2. The van der Waals surface area contributed by atoms with E-state index in [1.165, 1.54) is 16.8 Å². The Kier molecular flexibility index (Phi) is 4.55. The third-order valence-corrected chi connectivity index (χ3v) is 3.53. The van der Waals surface area contributed by atoms with Crippen molar-refractivity contribution in [1.82, 2.24) is 15.1 Å². The van der Waals surface area contributed by atoms with Gasteiger partial charge in [0.25, 0.3) is 0 Å².